The molecule has 0 aromatic carbocycles. The number of carbonyl (C=O) groups is 1. The average molecular weight is 130 g/mol. The highest BCUT2D eigenvalue weighted by atomic mass is 19.1. The molecule has 0 rings (SSSR count). The molecule has 4 heteroatoms. The number of nitriles is 1. The summed E-state index contributed by atoms with van der Waals surface area (Å²) in [6, 6.07) is 0. The minimum atomic E-state index is -0.673. The number of hydrogen-bond donors (Lipinski definition) is 0. The maximum absolute atomic E-state index is 11.4. The third kappa shape index (κ3) is 2.65. The minimum absolute atomic E-state index is 0.133. The highest BCUT2D eigenvalue weighted by molar-refractivity contribution is 5.74. The molecule has 0 fully saturated rings. The van der Waals surface area contributed by atoms with Crippen molar-refractivity contribution in [2.24, 2.45) is 0 Å². The van der Waals surface area contributed by atoms with Crippen molar-refractivity contribution in [3.63, 3.8) is 0 Å². The van der Waals surface area contributed by atoms with Crippen molar-refractivity contribution in [2.75, 3.05) is 13.2 Å². The summed E-state index contributed by atoms with van der Waals surface area (Å²) in [5.74, 6) is -0.421. The first kappa shape index (κ1) is 7.89. The van der Waals surface area contributed by atoms with Gasteiger partial charge in [-0.3, -0.25) is 4.79 Å². The maximum Gasteiger partial charge on any atom is 0.232 e. The Kier molecular flexibility index (Phi) is 3.37. The molecule has 1 amide bonds. The van der Waals surface area contributed by atoms with Crippen LogP contribution in [0.2, 0.25) is 0 Å². The van der Waals surface area contributed by atoms with Gasteiger partial charge in [-0.1, -0.05) is 0 Å². The summed E-state index contributed by atoms with van der Waals surface area (Å²) in [5.41, 5.74) is 0. The fraction of sp³-hybridized carbons (Fsp3) is 0.600. The van der Waals surface area contributed by atoms with Gasteiger partial charge in [0.25, 0.3) is 0 Å². The van der Waals surface area contributed by atoms with Gasteiger partial charge in [-0.15, -0.1) is 0 Å². The van der Waals surface area contributed by atoms with Gasteiger partial charge in [0, 0.05) is 6.92 Å². The van der Waals surface area contributed by atoms with E-state index in [9.17, 15) is 9.18 Å². The number of hydrogen-bond acceptors (Lipinski definition) is 2. The Balaban J connectivity index is 3.72. The lowest BCUT2D eigenvalue weighted by Gasteiger charge is -2.05. The van der Waals surface area contributed by atoms with E-state index in [2.05, 4.69) is 0 Å². The van der Waals surface area contributed by atoms with Gasteiger partial charge in [0.15, 0.2) is 6.19 Å². The molecular formula is C5H7FN2O. The van der Waals surface area contributed by atoms with Crippen LogP contribution in [0, 0.1) is 11.5 Å². The Morgan fingerprint density at radius 3 is 2.56 bits per heavy atom. The molecule has 0 radical (unpaired) electrons. The summed E-state index contributed by atoms with van der Waals surface area (Å²) in [4.78, 5) is 11.1. The summed E-state index contributed by atoms with van der Waals surface area (Å²) < 4.78 is 11.4. The van der Waals surface area contributed by atoms with E-state index in [0.717, 1.165) is 4.90 Å². The molecule has 0 aliphatic rings. The second kappa shape index (κ2) is 3.84. The number of amides is 1. The first-order valence-corrected chi connectivity index (χ1v) is 2.46. The van der Waals surface area contributed by atoms with E-state index >= 15 is 0 Å². The Morgan fingerprint density at radius 2 is 2.44 bits per heavy atom. The van der Waals surface area contributed by atoms with Crippen LogP contribution in [0.25, 0.3) is 0 Å². The van der Waals surface area contributed by atoms with Gasteiger partial charge in [-0.05, 0) is 0 Å². The molecule has 0 aromatic rings. The van der Waals surface area contributed by atoms with Crippen molar-refractivity contribution in [1.82, 2.24) is 4.90 Å². The molecule has 50 valence electrons. The highest BCUT2D eigenvalue weighted by Gasteiger charge is 2.04. The van der Waals surface area contributed by atoms with Crippen LogP contribution in [0.15, 0.2) is 0 Å². The standard InChI is InChI=1S/C5H7FN2O/c1-5(9)8(4-7)3-2-6/h2-3H2,1H3. The highest BCUT2D eigenvalue weighted by Crippen LogP contribution is 1.84. The maximum atomic E-state index is 11.4. The number of carbonyl (C=O) groups excluding carboxylic acids is 1. The molecule has 0 aliphatic heterocycles. The molecule has 0 unspecified atom stereocenters. The van der Waals surface area contributed by atoms with Crippen molar-refractivity contribution in [1.29, 1.82) is 5.26 Å². The molecule has 0 bridgehead atoms. The molecule has 9 heavy (non-hydrogen) atoms. The van der Waals surface area contributed by atoms with Crippen molar-refractivity contribution >= 4 is 5.91 Å². The Morgan fingerprint density at radius 1 is 1.89 bits per heavy atom. The molecule has 0 aromatic heterocycles. The van der Waals surface area contributed by atoms with Crippen LogP contribution >= 0.6 is 0 Å². The molecule has 0 aliphatic carbocycles. The molecular weight excluding hydrogens is 123 g/mol. The first-order valence-electron chi connectivity index (χ1n) is 2.46. The monoisotopic (exact) mass is 130 g/mol. The minimum Gasteiger partial charge on any atom is -0.274 e. The van der Waals surface area contributed by atoms with Gasteiger partial charge in [0.05, 0.1) is 6.54 Å². The number of nitrogens with zero attached hydrogens (tertiary/aromatic N) is 2. The second-order valence-electron chi connectivity index (χ2n) is 1.46. The van der Waals surface area contributed by atoms with E-state index in [0.29, 0.717) is 0 Å². The van der Waals surface area contributed by atoms with E-state index in [1.165, 1.54) is 6.92 Å². The van der Waals surface area contributed by atoms with Gasteiger partial charge in [-0.25, -0.2) is 9.29 Å². The lowest BCUT2D eigenvalue weighted by molar-refractivity contribution is -0.126. The largest absolute Gasteiger partial charge is 0.274 e. The van der Waals surface area contributed by atoms with Gasteiger partial charge in [0.2, 0.25) is 5.91 Å². The zero-order valence-electron chi connectivity index (χ0n) is 5.09. The van der Waals surface area contributed by atoms with Crippen LogP contribution in [0.4, 0.5) is 4.39 Å². The van der Waals surface area contributed by atoms with Crippen molar-refractivity contribution in [3.05, 3.63) is 0 Å². The van der Waals surface area contributed by atoms with E-state index in [1.807, 2.05) is 0 Å². The zero-order chi connectivity index (χ0) is 7.28. The van der Waals surface area contributed by atoms with Crippen LogP contribution in [0.3, 0.4) is 0 Å². The first-order chi connectivity index (χ1) is 4.22. The van der Waals surface area contributed by atoms with Gasteiger partial charge < -0.3 is 0 Å². The number of halogens is 1. The van der Waals surface area contributed by atoms with E-state index in [1.54, 1.807) is 6.19 Å². The van der Waals surface area contributed by atoms with E-state index in [-0.39, 0.29) is 6.54 Å². The predicted molar refractivity (Wildman–Crippen MR) is 29.0 cm³/mol. The molecule has 0 N–H and O–H groups in total. The molecule has 0 heterocycles. The fourth-order valence-corrected chi connectivity index (χ4v) is 0.362. The van der Waals surface area contributed by atoms with Crippen LogP contribution in [-0.2, 0) is 4.79 Å². The smallest absolute Gasteiger partial charge is 0.232 e. The molecule has 0 saturated carbocycles. The summed E-state index contributed by atoms with van der Waals surface area (Å²) in [5, 5.41) is 8.12. The quantitative estimate of drug-likeness (QED) is 0.398. The van der Waals surface area contributed by atoms with Gasteiger partial charge in [0.1, 0.15) is 6.67 Å². The second-order valence-corrected chi connectivity index (χ2v) is 1.46. The molecule has 0 spiro atoms. The van der Waals surface area contributed by atoms with E-state index in [4.69, 9.17) is 5.26 Å². The van der Waals surface area contributed by atoms with Crippen LogP contribution < -0.4 is 0 Å². The number of rotatable bonds is 2. The van der Waals surface area contributed by atoms with Crippen LogP contribution in [0.1, 0.15) is 6.92 Å². The summed E-state index contributed by atoms with van der Waals surface area (Å²) in [7, 11) is 0. The van der Waals surface area contributed by atoms with Crippen LogP contribution in [-0.4, -0.2) is 24.0 Å². The summed E-state index contributed by atoms with van der Waals surface area (Å²) in [6.07, 6.45) is 1.55. The molecule has 3 nitrogen and oxygen atoms in total. The summed E-state index contributed by atoms with van der Waals surface area (Å²) in [6.45, 7) is 0.415. The fourth-order valence-electron chi connectivity index (χ4n) is 0.362. The Labute approximate surface area is 52.7 Å². The Hall–Kier alpha value is -1.11. The third-order valence-corrected chi connectivity index (χ3v) is 0.809. The van der Waals surface area contributed by atoms with Crippen molar-refractivity contribution in [3.8, 4) is 6.19 Å². The zero-order valence-corrected chi connectivity index (χ0v) is 5.09. The lowest BCUT2D eigenvalue weighted by Crippen LogP contribution is -2.25. The molecule has 0 saturated heterocycles. The van der Waals surface area contributed by atoms with Crippen LogP contribution in [0.5, 0.6) is 0 Å². The topological polar surface area (TPSA) is 44.1 Å². The third-order valence-electron chi connectivity index (χ3n) is 0.809. The summed E-state index contributed by atoms with van der Waals surface area (Å²) >= 11 is 0. The van der Waals surface area contributed by atoms with Crippen molar-refractivity contribution < 1.29 is 9.18 Å². The molecule has 0 atom stereocenters. The SMILES string of the molecule is CC(=O)N(C#N)CCF. The Bertz CT molecular complexity index is 140. The normalized spacial score (nSPS) is 8.11. The van der Waals surface area contributed by atoms with E-state index < -0.39 is 12.6 Å². The predicted octanol–water partition coefficient (Wildman–Crippen LogP) is 0.285. The van der Waals surface area contributed by atoms with Crippen molar-refractivity contribution in [2.45, 2.75) is 6.92 Å². The number of alkyl halides is 1. The van der Waals surface area contributed by atoms with Gasteiger partial charge >= 0.3 is 0 Å². The lowest BCUT2D eigenvalue weighted by atomic mass is 10.5. The van der Waals surface area contributed by atoms with Gasteiger partial charge in [-0.2, -0.15) is 5.26 Å². The average Bonchev–Trinajstić information content (AvgIpc) is 1.82.